The van der Waals surface area contributed by atoms with Crippen LogP contribution in [0.5, 0.6) is 0 Å². The number of imidazole rings is 1. The first kappa shape index (κ1) is 14.5. The summed E-state index contributed by atoms with van der Waals surface area (Å²) >= 11 is 0. The SMILES string of the molecule is C=C(C)c1cn2nc(-c3ccc(C)cc3)cc(C(C)C)c2n1. The number of fused-ring (bicyclic) bond motifs is 1. The Hall–Kier alpha value is -2.42. The van der Waals surface area contributed by atoms with Gasteiger partial charge in [0.25, 0.3) is 0 Å². The number of hydrogen-bond acceptors (Lipinski definition) is 2. The van der Waals surface area contributed by atoms with Gasteiger partial charge in [-0.25, -0.2) is 9.50 Å². The standard InChI is InChI=1S/C19H21N3/c1-12(2)16-10-17(15-8-6-14(5)7-9-15)21-22-11-18(13(3)4)20-19(16)22/h6-12H,3H2,1-2,4-5H3. The Morgan fingerprint density at radius 3 is 2.45 bits per heavy atom. The van der Waals surface area contributed by atoms with Crippen molar-refractivity contribution in [3.05, 3.63) is 59.9 Å². The highest BCUT2D eigenvalue weighted by Gasteiger charge is 2.14. The second-order valence-electron chi connectivity index (χ2n) is 6.18. The highest BCUT2D eigenvalue weighted by molar-refractivity contribution is 5.66. The van der Waals surface area contributed by atoms with Crippen molar-refractivity contribution in [2.75, 3.05) is 0 Å². The topological polar surface area (TPSA) is 30.2 Å². The van der Waals surface area contributed by atoms with E-state index in [0.29, 0.717) is 5.92 Å². The number of aryl methyl sites for hydroxylation is 1. The van der Waals surface area contributed by atoms with Gasteiger partial charge in [0.15, 0.2) is 5.65 Å². The quantitative estimate of drug-likeness (QED) is 0.689. The van der Waals surface area contributed by atoms with Crippen molar-refractivity contribution in [2.24, 2.45) is 0 Å². The number of aromatic nitrogens is 3. The third kappa shape index (κ3) is 2.54. The predicted octanol–water partition coefficient (Wildman–Crippen LogP) is 4.86. The number of hydrogen-bond donors (Lipinski definition) is 0. The molecule has 3 nitrogen and oxygen atoms in total. The van der Waals surface area contributed by atoms with Crippen molar-refractivity contribution in [3.63, 3.8) is 0 Å². The van der Waals surface area contributed by atoms with Crippen LogP contribution < -0.4 is 0 Å². The monoisotopic (exact) mass is 291 g/mol. The van der Waals surface area contributed by atoms with Crippen molar-refractivity contribution >= 4 is 11.2 Å². The molecule has 0 aliphatic heterocycles. The molecule has 0 aliphatic carbocycles. The van der Waals surface area contributed by atoms with Crippen molar-refractivity contribution in [1.82, 2.24) is 14.6 Å². The van der Waals surface area contributed by atoms with Gasteiger partial charge in [-0.05, 0) is 31.4 Å². The first-order chi connectivity index (χ1) is 10.5. The van der Waals surface area contributed by atoms with Crippen LogP contribution in [0.2, 0.25) is 0 Å². The van der Waals surface area contributed by atoms with Crippen LogP contribution in [0, 0.1) is 6.92 Å². The van der Waals surface area contributed by atoms with E-state index >= 15 is 0 Å². The van der Waals surface area contributed by atoms with Crippen LogP contribution >= 0.6 is 0 Å². The lowest BCUT2D eigenvalue weighted by Crippen LogP contribution is -2.00. The molecule has 3 aromatic rings. The van der Waals surface area contributed by atoms with E-state index in [0.717, 1.165) is 28.2 Å². The molecule has 0 radical (unpaired) electrons. The molecule has 0 aliphatic rings. The van der Waals surface area contributed by atoms with E-state index in [4.69, 9.17) is 5.10 Å². The van der Waals surface area contributed by atoms with Crippen LogP contribution in [0.25, 0.3) is 22.5 Å². The van der Waals surface area contributed by atoms with Crippen LogP contribution in [0.1, 0.15) is 43.5 Å². The summed E-state index contributed by atoms with van der Waals surface area (Å²) in [4.78, 5) is 4.68. The van der Waals surface area contributed by atoms with Crippen molar-refractivity contribution in [2.45, 2.75) is 33.6 Å². The zero-order valence-electron chi connectivity index (χ0n) is 13.6. The van der Waals surface area contributed by atoms with Gasteiger partial charge in [0.1, 0.15) is 0 Å². The van der Waals surface area contributed by atoms with Crippen LogP contribution in [0.4, 0.5) is 0 Å². The third-order valence-electron chi connectivity index (χ3n) is 3.86. The van der Waals surface area contributed by atoms with Gasteiger partial charge in [-0.1, -0.05) is 50.3 Å². The normalized spacial score (nSPS) is 11.3. The van der Waals surface area contributed by atoms with E-state index in [1.54, 1.807) is 0 Å². The lowest BCUT2D eigenvalue weighted by Gasteiger charge is -2.10. The molecule has 0 spiro atoms. The summed E-state index contributed by atoms with van der Waals surface area (Å²) in [5, 5.41) is 4.73. The Morgan fingerprint density at radius 2 is 1.86 bits per heavy atom. The Kier molecular flexibility index (Phi) is 3.57. The fourth-order valence-corrected chi connectivity index (χ4v) is 2.50. The maximum Gasteiger partial charge on any atom is 0.157 e. The van der Waals surface area contributed by atoms with E-state index in [2.05, 4.69) is 62.7 Å². The fourth-order valence-electron chi connectivity index (χ4n) is 2.50. The summed E-state index contributed by atoms with van der Waals surface area (Å²) < 4.78 is 1.88. The molecule has 0 amide bonds. The molecule has 22 heavy (non-hydrogen) atoms. The second kappa shape index (κ2) is 5.41. The Balaban J connectivity index is 2.24. The zero-order chi connectivity index (χ0) is 15.9. The summed E-state index contributed by atoms with van der Waals surface area (Å²) in [7, 11) is 0. The molecule has 3 rings (SSSR count). The molecule has 0 unspecified atom stereocenters. The molecule has 2 heterocycles. The molecular weight excluding hydrogens is 270 g/mol. The smallest absolute Gasteiger partial charge is 0.157 e. The van der Waals surface area contributed by atoms with Gasteiger partial charge < -0.3 is 0 Å². The summed E-state index contributed by atoms with van der Waals surface area (Å²) in [6.07, 6.45) is 1.96. The first-order valence-corrected chi connectivity index (χ1v) is 7.59. The van der Waals surface area contributed by atoms with Gasteiger partial charge in [-0.2, -0.15) is 5.10 Å². The highest BCUT2D eigenvalue weighted by Crippen LogP contribution is 2.26. The maximum atomic E-state index is 4.73. The molecule has 2 aromatic heterocycles. The van der Waals surface area contributed by atoms with Crippen molar-refractivity contribution in [1.29, 1.82) is 0 Å². The summed E-state index contributed by atoms with van der Waals surface area (Å²) in [6, 6.07) is 10.6. The fraction of sp³-hybridized carbons (Fsp3) is 0.263. The van der Waals surface area contributed by atoms with Gasteiger partial charge in [0.2, 0.25) is 0 Å². The minimum atomic E-state index is 0.384. The van der Waals surface area contributed by atoms with E-state index in [1.165, 1.54) is 11.1 Å². The van der Waals surface area contributed by atoms with Gasteiger partial charge in [-0.15, -0.1) is 0 Å². The molecule has 0 N–H and O–H groups in total. The van der Waals surface area contributed by atoms with Gasteiger partial charge >= 0.3 is 0 Å². The van der Waals surface area contributed by atoms with Crippen LogP contribution in [0.15, 0.2) is 43.1 Å². The Morgan fingerprint density at radius 1 is 1.18 bits per heavy atom. The molecule has 0 saturated heterocycles. The average molecular weight is 291 g/mol. The van der Waals surface area contributed by atoms with Gasteiger partial charge in [0.05, 0.1) is 17.6 Å². The van der Waals surface area contributed by atoms with Gasteiger partial charge in [0, 0.05) is 11.1 Å². The minimum Gasteiger partial charge on any atom is -0.227 e. The largest absolute Gasteiger partial charge is 0.227 e. The molecule has 112 valence electrons. The second-order valence-corrected chi connectivity index (χ2v) is 6.18. The Bertz CT molecular complexity index is 839. The summed E-state index contributed by atoms with van der Waals surface area (Å²) in [5.41, 5.74) is 7.33. The number of allylic oxidation sites excluding steroid dienone is 1. The van der Waals surface area contributed by atoms with E-state index in [1.807, 2.05) is 17.6 Å². The molecule has 3 heteroatoms. The van der Waals surface area contributed by atoms with Crippen LogP contribution in [0.3, 0.4) is 0 Å². The summed E-state index contributed by atoms with van der Waals surface area (Å²) in [6.45, 7) is 12.4. The van der Waals surface area contributed by atoms with Crippen molar-refractivity contribution < 1.29 is 0 Å². The molecule has 0 fully saturated rings. The number of rotatable bonds is 3. The van der Waals surface area contributed by atoms with E-state index < -0.39 is 0 Å². The molecular formula is C19H21N3. The summed E-state index contributed by atoms with van der Waals surface area (Å²) in [5.74, 6) is 0.384. The zero-order valence-corrected chi connectivity index (χ0v) is 13.6. The highest BCUT2D eigenvalue weighted by atomic mass is 15.3. The maximum absolute atomic E-state index is 4.73. The predicted molar refractivity (Wildman–Crippen MR) is 92.0 cm³/mol. The van der Waals surface area contributed by atoms with Crippen LogP contribution in [-0.2, 0) is 0 Å². The molecule has 0 saturated carbocycles. The Labute approximate surface area is 131 Å². The molecule has 0 bridgehead atoms. The lowest BCUT2D eigenvalue weighted by atomic mass is 10.0. The molecule has 1 aromatic carbocycles. The van der Waals surface area contributed by atoms with E-state index in [9.17, 15) is 0 Å². The van der Waals surface area contributed by atoms with Crippen molar-refractivity contribution in [3.8, 4) is 11.3 Å². The van der Waals surface area contributed by atoms with E-state index in [-0.39, 0.29) is 0 Å². The third-order valence-corrected chi connectivity index (χ3v) is 3.86. The lowest BCUT2D eigenvalue weighted by molar-refractivity contribution is 0.838. The number of benzene rings is 1. The molecule has 0 atom stereocenters. The minimum absolute atomic E-state index is 0.384. The average Bonchev–Trinajstić information content (AvgIpc) is 2.91. The number of nitrogens with zero attached hydrogens (tertiary/aromatic N) is 3. The van der Waals surface area contributed by atoms with Crippen LogP contribution in [-0.4, -0.2) is 14.6 Å². The first-order valence-electron chi connectivity index (χ1n) is 7.59. The van der Waals surface area contributed by atoms with Gasteiger partial charge in [-0.3, -0.25) is 0 Å².